The third-order valence-electron chi connectivity index (χ3n) is 1.99. The zero-order valence-corrected chi connectivity index (χ0v) is 10.1. The summed E-state index contributed by atoms with van der Waals surface area (Å²) < 4.78 is 6.57. The van der Waals surface area contributed by atoms with E-state index in [1.54, 1.807) is 0 Å². The van der Waals surface area contributed by atoms with E-state index in [0.29, 0.717) is 6.61 Å². The highest BCUT2D eigenvalue weighted by atomic mass is 79.9. The Bertz CT molecular complexity index is 358. The Morgan fingerprint density at radius 1 is 1.38 bits per heavy atom. The number of ether oxygens (including phenoxy) is 1. The summed E-state index contributed by atoms with van der Waals surface area (Å²) in [5.41, 5.74) is 2.44. The third kappa shape index (κ3) is 1.67. The molecule has 1 heterocycles. The van der Waals surface area contributed by atoms with Gasteiger partial charge in [-0.1, -0.05) is 28.1 Å². The van der Waals surface area contributed by atoms with Gasteiger partial charge in [0.05, 0.1) is 4.47 Å². The second kappa shape index (κ2) is 3.84. The monoisotopic (exact) mass is 302 g/mol. The van der Waals surface area contributed by atoms with Crippen LogP contribution in [-0.2, 0) is 5.33 Å². The average molecular weight is 304 g/mol. The fourth-order valence-electron chi connectivity index (χ4n) is 1.36. The van der Waals surface area contributed by atoms with Gasteiger partial charge >= 0.3 is 0 Å². The lowest BCUT2D eigenvalue weighted by Gasteiger charge is -2.16. The van der Waals surface area contributed by atoms with E-state index in [1.165, 1.54) is 11.1 Å². The summed E-state index contributed by atoms with van der Waals surface area (Å²) in [7, 11) is 0. The maximum Gasteiger partial charge on any atom is 0.141 e. The Morgan fingerprint density at radius 2 is 2.23 bits per heavy atom. The maximum atomic E-state index is 5.54. The van der Waals surface area contributed by atoms with Gasteiger partial charge in [-0.3, -0.25) is 0 Å². The zero-order valence-electron chi connectivity index (χ0n) is 6.89. The highest BCUT2D eigenvalue weighted by Crippen LogP contribution is 2.35. The van der Waals surface area contributed by atoms with E-state index in [0.717, 1.165) is 15.6 Å². The van der Waals surface area contributed by atoms with Gasteiger partial charge < -0.3 is 4.74 Å². The first-order valence-electron chi connectivity index (χ1n) is 3.99. The second-order valence-electron chi connectivity index (χ2n) is 2.80. The Morgan fingerprint density at radius 3 is 3.00 bits per heavy atom. The van der Waals surface area contributed by atoms with Crippen LogP contribution in [-0.4, -0.2) is 6.61 Å². The van der Waals surface area contributed by atoms with Crippen LogP contribution in [0.15, 0.2) is 22.7 Å². The van der Waals surface area contributed by atoms with Crippen molar-refractivity contribution in [3.05, 3.63) is 33.8 Å². The minimum atomic E-state index is 0.664. The van der Waals surface area contributed by atoms with Crippen LogP contribution < -0.4 is 4.74 Å². The maximum absolute atomic E-state index is 5.54. The Kier molecular flexibility index (Phi) is 2.74. The van der Waals surface area contributed by atoms with Crippen molar-refractivity contribution in [1.29, 1.82) is 0 Å². The summed E-state index contributed by atoms with van der Waals surface area (Å²) in [6.45, 7) is 0.664. The summed E-state index contributed by atoms with van der Waals surface area (Å²) >= 11 is 6.93. The predicted octanol–water partition coefficient (Wildman–Crippen LogP) is 3.75. The van der Waals surface area contributed by atoms with Crippen molar-refractivity contribution in [3.8, 4) is 5.75 Å². The number of fused-ring (bicyclic) bond motifs is 1. The molecule has 0 amide bonds. The van der Waals surface area contributed by atoms with Crippen molar-refractivity contribution in [2.24, 2.45) is 0 Å². The van der Waals surface area contributed by atoms with Crippen LogP contribution in [0.5, 0.6) is 5.75 Å². The first-order chi connectivity index (χ1) is 6.33. The van der Waals surface area contributed by atoms with Gasteiger partial charge in [-0.2, -0.15) is 0 Å². The molecule has 0 unspecified atom stereocenters. The normalized spacial score (nSPS) is 13.7. The van der Waals surface area contributed by atoms with Gasteiger partial charge in [0.1, 0.15) is 12.4 Å². The van der Waals surface area contributed by atoms with Crippen molar-refractivity contribution < 1.29 is 4.74 Å². The summed E-state index contributed by atoms with van der Waals surface area (Å²) in [6, 6.07) is 4.12. The number of alkyl halides is 1. The average Bonchev–Trinajstić information content (AvgIpc) is 2.19. The molecule has 0 fully saturated rings. The van der Waals surface area contributed by atoms with Crippen molar-refractivity contribution >= 4 is 37.9 Å². The molecular formula is C10H8Br2O. The van der Waals surface area contributed by atoms with Gasteiger partial charge in [0.2, 0.25) is 0 Å². The lowest BCUT2D eigenvalue weighted by Crippen LogP contribution is -2.02. The van der Waals surface area contributed by atoms with E-state index in [-0.39, 0.29) is 0 Å². The van der Waals surface area contributed by atoms with Gasteiger partial charge in [0.15, 0.2) is 0 Å². The van der Waals surface area contributed by atoms with Gasteiger partial charge in [-0.15, -0.1) is 0 Å². The van der Waals surface area contributed by atoms with E-state index in [9.17, 15) is 0 Å². The largest absolute Gasteiger partial charge is 0.488 e. The molecule has 68 valence electrons. The second-order valence-corrected chi connectivity index (χ2v) is 4.21. The van der Waals surface area contributed by atoms with Crippen LogP contribution in [0.3, 0.4) is 0 Å². The van der Waals surface area contributed by atoms with Gasteiger partial charge in [0.25, 0.3) is 0 Å². The quantitative estimate of drug-likeness (QED) is 0.718. The molecule has 1 aromatic rings. The first-order valence-corrected chi connectivity index (χ1v) is 5.91. The molecule has 1 aliphatic heterocycles. The van der Waals surface area contributed by atoms with E-state index < -0.39 is 0 Å². The molecule has 0 bridgehead atoms. The molecule has 0 aliphatic carbocycles. The Hall–Kier alpha value is -0.280. The van der Waals surface area contributed by atoms with Gasteiger partial charge in [-0.05, 0) is 33.6 Å². The molecule has 0 atom stereocenters. The number of halogens is 2. The molecule has 3 heteroatoms. The molecular weight excluding hydrogens is 296 g/mol. The van der Waals surface area contributed by atoms with Crippen LogP contribution in [0.2, 0.25) is 0 Å². The summed E-state index contributed by atoms with van der Waals surface area (Å²) in [5, 5.41) is 0.857. The number of hydrogen-bond acceptors (Lipinski definition) is 1. The Labute approximate surface area is 94.0 Å². The smallest absolute Gasteiger partial charge is 0.141 e. The van der Waals surface area contributed by atoms with Crippen molar-refractivity contribution in [3.63, 3.8) is 0 Å². The van der Waals surface area contributed by atoms with E-state index in [1.807, 2.05) is 12.1 Å². The molecule has 0 saturated heterocycles. The SMILES string of the molecule is BrCc1ccc(Br)c2c1C=CCO2. The lowest BCUT2D eigenvalue weighted by molar-refractivity contribution is 0.356. The molecule has 1 nitrogen and oxygen atoms in total. The zero-order chi connectivity index (χ0) is 9.26. The van der Waals surface area contributed by atoms with Crippen molar-refractivity contribution in [2.45, 2.75) is 5.33 Å². The minimum absolute atomic E-state index is 0.664. The Balaban J connectivity index is 2.61. The molecule has 0 aromatic heterocycles. The van der Waals surface area contributed by atoms with Crippen molar-refractivity contribution in [1.82, 2.24) is 0 Å². The van der Waals surface area contributed by atoms with Crippen LogP contribution in [0.25, 0.3) is 6.08 Å². The molecule has 0 N–H and O–H groups in total. The molecule has 13 heavy (non-hydrogen) atoms. The fourth-order valence-corrected chi connectivity index (χ4v) is 2.31. The molecule has 0 saturated carbocycles. The van der Waals surface area contributed by atoms with Gasteiger partial charge in [-0.25, -0.2) is 0 Å². The minimum Gasteiger partial charge on any atom is -0.488 e. The van der Waals surface area contributed by atoms with E-state index in [4.69, 9.17) is 4.74 Å². The first kappa shape index (κ1) is 9.28. The number of rotatable bonds is 1. The van der Waals surface area contributed by atoms with E-state index >= 15 is 0 Å². The molecule has 1 aromatic carbocycles. The highest BCUT2D eigenvalue weighted by molar-refractivity contribution is 9.10. The fraction of sp³-hybridized carbons (Fsp3) is 0.200. The van der Waals surface area contributed by atoms with Gasteiger partial charge in [0, 0.05) is 10.9 Å². The number of benzene rings is 1. The van der Waals surface area contributed by atoms with Crippen LogP contribution >= 0.6 is 31.9 Å². The summed E-state index contributed by atoms with van der Waals surface area (Å²) in [5.74, 6) is 0.958. The predicted molar refractivity (Wildman–Crippen MR) is 61.3 cm³/mol. The van der Waals surface area contributed by atoms with Crippen LogP contribution in [0.1, 0.15) is 11.1 Å². The number of hydrogen-bond donors (Lipinski definition) is 0. The summed E-state index contributed by atoms with van der Waals surface area (Å²) in [4.78, 5) is 0. The molecule has 2 rings (SSSR count). The van der Waals surface area contributed by atoms with Crippen LogP contribution in [0, 0.1) is 0 Å². The van der Waals surface area contributed by atoms with Crippen molar-refractivity contribution in [2.75, 3.05) is 6.61 Å². The third-order valence-corrected chi connectivity index (χ3v) is 3.22. The summed E-state index contributed by atoms with van der Waals surface area (Å²) in [6.07, 6.45) is 4.14. The molecule has 0 spiro atoms. The molecule has 0 radical (unpaired) electrons. The highest BCUT2D eigenvalue weighted by Gasteiger charge is 2.12. The lowest BCUT2D eigenvalue weighted by atomic mass is 10.1. The molecule has 1 aliphatic rings. The van der Waals surface area contributed by atoms with Crippen LogP contribution in [0.4, 0.5) is 0 Å². The topological polar surface area (TPSA) is 9.23 Å². The standard InChI is InChI=1S/C10H8Br2O/c11-6-7-3-4-9(12)10-8(7)2-1-5-13-10/h1-4H,5-6H2. The van der Waals surface area contributed by atoms with E-state index in [2.05, 4.69) is 44.0 Å².